The molecule has 4 unspecified atom stereocenters. The Kier molecular flexibility index (Phi) is 7.51. The van der Waals surface area contributed by atoms with Gasteiger partial charge >= 0.3 is 17.1 Å². The van der Waals surface area contributed by atoms with Gasteiger partial charge in [0.05, 0.1) is 24.4 Å². The van der Waals surface area contributed by atoms with E-state index < -0.39 is 17.1 Å². The van der Waals surface area contributed by atoms with Crippen molar-refractivity contribution in [3.63, 3.8) is 0 Å². The Morgan fingerprint density at radius 2 is 1.03 bits per heavy atom. The Morgan fingerprint density at radius 3 is 1.38 bits per heavy atom. The summed E-state index contributed by atoms with van der Waals surface area (Å²) >= 11 is 0. The molecular formula is C21H35N3O5. The normalized spacial score (nSPS) is 25.3. The molecule has 2 aliphatic rings. The van der Waals surface area contributed by atoms with Crippen LogP contribution in [0.2, 0.25) is 0 Å². The van der Waals surface area contributed by atoms with E-state index in [4.69, 9.17) is 9.47 Å². The SMILES string of the molecule is CCCCCCn1c(=O)n(CCCC2OC2C)c(=O)n(CCCC2OC2C)c1=O. The van der Waals surface area contributed by atoms with Crippen LogP contribution in [0.3, 0.4) is 0 Å². The number of rotatable bonds is 13. The van der Waals surface area contributed by atoms with Crippen LogP contribution in [0.5, 0.6) is 0 Å². The predicted molar refractivity (Wildman–Crippen MR) is 111 cm³/mol. The minimum absolute atomic E-state index is 0.230. The van der Waals surface area contributed by atoms with Crippen LogP contribution in [0.1, 0.15) is 72.1 Å². The predicted octanol–water partition coefficient (Wildman–Crippen LogP) is 1.89. The van der Waals surface area contributed by atoms with Crippen molar-refractivity contribution in [2.45, 2.75) is 116 Å². The second-order valence-electron chi connectivity index (χ2n) is 8.41. The van der Waals surface area contributed by atoms with Gasteiger partial charge in [0.15, 0.2) is 0 Å². The molecule has 4 atom stereocenters. The third kappa shape index (κ3) is 5.69. The maximum absolute atomic E-state index is 12.9. The molecule has 1 aromatic heterocycles. The molecule has 0 aliphatic carbocycles. The van der Waals surface area contributed by atoms with Gasteiger partial charge in [0.2, 0.25) is 0 Å². The molecule has 0 bridgehead atoms. The second kappa shape index (κ2) is 9.89. The van der Waals surface area contributed by atoms with Crippen molar-refractivity contribution >= 4 is 0 Å². The lowest BCUT2D eigenvalue weighted by Crippen LogP contribution is -2.54. The van der Waals surface area contributed by atoms with Crippen LogP contribution in [-0.4, -0.2) is 38.1 Å². The highest BCUT2D eigenvalue weighted by Crippen LogP contribution is 2.26. The lowest BCUT2D eigenvalue weighted by molar-refractivity contribution is 0.352. The van der Waals surface area contributed by atoms with Gasteiger partial charge in [-0.1, -0.05) is 26.2 Å². The van der Waals surface area contributed by atoms with Crippen LogP contribution in [0.4, 0.5) is 0 Å². The van der Waals surface area contributed by atoms with E-state index in [1.54, 1.807) is 0 Å². The number of aromatic nitrogens is 3. The van der Waals surface area contributed by atoms with Gasteiger partial charge in [0, 0.05) is 19.6 Å². The summed E-state index contributed by atoms with van der Waals surface area (Å²) in [7, 11) is 0. The number of ether oxygens (including phenoxy) is 2. The second-order valence-corrected chi connectivity index (χ2v) is 8.41. The summed E-state index contributed by atoms with van der Waals surface area (Å²) in [5.74, 6) is 0. The molecule has 0 amide bonds. The zero-order valence-corrected chi connectivity index (χ0v) is 18.0. The molecule has 0 radical (unpaired) electrons. The lowest BCUT2D eigenvalue weighted by Gasteiger charge is -2.14. The minimum atomic E-state index is -0.487. The highest BCUT2D eigenvalue weighted by atomic mass is 16.6. The van der Waals surface area contributed by atoms with Crippen LogP contribution in [0.25, 0.3) is 0 Å². The Bertz CT molecular complexity index is 795. The Morgan fingerprint density at radius 1 is 0.655 bits per heavy atom. The van der Waals surface area contributed by atoms with Gasteiger partial charge in [-0.25, -0.2) is 28.1 Å². The van der Waals surface area contributed by atoms with Gasteiger partial charge in [-0.15, -0.1) is 0 Å². The maximum atomic E-state index is 12.9. The number of hydrogen-bond acceptors (Lipinski definition) is 5. The quantitative estimate of drug-likeness (QED) is 0.366. The molecule has 0 aromatic carbocycles. The molecule has 29 heavy (non-hydrogen) atoms. The molecule has 2 aliphatic heterocycles. The zero-order valence-electron chi connectivity index (χ0n) is 18.0. The van der Waals surface area contributed by atoms with Crippen LogP contribution < -0.4 is 17.1 Å². The Hall–Kier alpha value is -1.67. The van der Waals surface area contributed by atoms with Crippen molar-refractivity contribution in [1.29, 1.82) is 0 Å². The first-order valence-electron chi connectivity index (χ1n) is 11.2. The molecule has 0 saturated carbocycles. The average molecular weight is 410 g/mol. The van der Waals surface area contributed by atoms with Crippen molar-refractivity contribution in [3.05, 3.63) is 31.5 Å². The molecule has 2 saturated heterocycles. The average Bonchev–Trinajstić information content (AvgIpc) is 3.59. The van der Waals surface area contributed by atoms with Gasteiger partial charge in [0.25, 0.3) is 0 Å². The number of hydrogen-bond donors (Lipinski definition) is 0. The van der Waals surface area contributed by atoms with E-state index in [-0.39, 0.29) is 24.4 Å². The third-order valence-electron chi connectivity index (χ3n) is 6.03. The topological polar surface area (TPSA) is 91.1 Å². The molecule has 3 heterocycles. The van der Waals surface area contributed by atoms with E-state index in [0.717, 1.165) is 38.5 Å². The summed E-state index contributed by atoms with van der Waals surface area (Å²) in [6, 6.07) is 0. The van der Waals surface area contributed by atoms with E-state index >= 15 is 0 Å². The van der Waals surface area contributed by atoms with Crippen LogP contribution in [-0.2, 0) is 29.1 Å². The summed E-state index contributed by atoms with van der Waals surface area (Å²) in [5, 5.41) is 0. The van der Waals surface area contributed by atoms with Crippen molar-refractivity contribution < 1.29 is 9.47 Å². The first kappa shape index (κ1) is 22.0. The molecule has 1 aromatic rings. The fourth-order valence-electron chi connectivity index (χ4n) is 3.92. The standard InChI is InChI=1S/C21H35N3O5/c1-4-5-6-7-12-22-19(25)23(13-8-10-17-15(2)28-17)21(27)24(20(22)26)14-9-11-18-16(3)29-18/h15-18H,4-14H2,1-3H3. The van der Waals surface area contributed by atoms with Crippen molar-refractivity contribution in [1.82, 2.24) is 13.7 Å². The molecule has 164 valence electrons. The zero-order chi connectivity index (χ0) is 21.0. The summed E-state index contributed by atoms with van der Waals surface area (Å²) in [6.07, 6.45) is 7.89. The van der Waals surface area contributed by atoms with Gasteiger partial charge < -0.3 is 9.47 Å². The lowest BCUT2D eigenvalue weighted by atomic mass is 10.2. The first-order valence-corrected chi connectivity index (χ1v) is 11.2. The van der Waals surface area contributed by atoms with E-state index in [1.165, 1.54) is 13.7 Å². The van der Waals surface area contributed by atoms with Gasteiger partial charge in [-0.05, 0) is 46.0 Å². The number of nitrogens with zero attached hydrogens (tertiary/aromatic N) is 3. The molecule has 8 nitrogen and oxygen atoms in total. The third-order valence-corrected chi connectivity index (χ3v) is 6.03. The molecule has 8 heteroatoms. The highest BCUT2D eigenvalue weighted by molar-refractivity contribution is 4.83. The van der Waals surface area contributed by atoms with E-state index in [9.17, 15) is 14.4 Å². The van der Waals surface area contributed by atoms with Crippen molar-refractivity contribution in [3.8, 4) is 0 Å². The fourth-order valence-corrected chi connectivity index (χ4v) is 3.92. The Balaban J connectivity index is 1.75. The molecule has 3 rings (SSSR count). The van der Waals surface area contributed by atoms with Crippen LogP contribution in [0.15, 0.2) is 14.4 Å². The van der Waals surface area contributed by atoms with E-state index in [0.29, 0.717) is 32.5 Å². The van der Waals surface area contributed by atoms with Gasteiger partial charge in [-0.2, -0.15) is 0 Å². The molecule has 0 N–H and O–H groups in total. The summed E-state index contributed by atoms with van der Waals surface area (Å²) in [6.45, 7) is 7.16. The minimum Gasteiger partial charge on any atom is -0.370 e. The van der Waals surface area contributed by atoms with E-state index in [2.05, 4.69) is 6.92 Å². The maximum Gasteiger partial charge on any atom is 0.336 e. The summed E-state index contributed by atoms with van der Waals surface area (Å²) < 4.78 is 14.6. The van der Waals surface area contributed by atoms with Crippen molar-refractivity contribution in [2.24, 2.45) is 0 Å². The fraction of sp³-hybridized carbons (Fsp3) is 0.857. The summed E-state index contributed by atoms with van der Waals surface area (Å²) in [4.78, 5) is 38.7. The molecule has 2 fully saturated rings. The Labute approximate surface area is 171 Å². The van der Waals surface area contributed by atoms with E-state index in [1.807, 2.05) is 13.8 Å². The summed E-state index contributed by atoms with van der Waals surface area (Å²) in [5.41, 5.74) is -1.44. The smallest absolute Gasteiger partial charge is 0.336 e. The molecule has 0 spiro atoms. The van der Waals surface area contributed by atoms with Crippen LogP contribution >= 0.6 is 0 Å². The monoisotopic (exact) mass is 409 g/mol. The van der Waals surface area contributed by atoms with Crippen LogP contribution in [0, 0.1) is 0 Å². The largest absolute Gasteiger partial charge is 0.370 e. The highest BCUT2D eigenvalue weighted by Gasteiger charge is 2.34. The molecular weight excluding hydrogens is 374 g/mol. The number of epoxide rings is 2. The van der Waals surface area contributed by atoms with Gasteiger partial charge in [-0.3, -0.25) is 0 Å². The number of unbranched alkanes of at least 4 members (excludes halogenated alkanes) is 3. The van der Waals surface area contributed by atoms with Crippen molar-refractivity contribution in [2.75, 3.05) is 0 Å². The van der Waals surface area contributed by atoms with Gasteiger partial charge in [0.1, 0.15) is 0 Å². The first-order chi connectivity index (χ1) is 13.9.